The maximum absolute atomic E-state index is 6.28. The Morgan fingerprint density at radius 3 is 2.09 bits per heavy atom. The molecule has 5 aromatic rings. The van der Waals surface area contributed by atoms with Gasteiger partial charge in [-0.15, -0.1) is 0 Å². The van der Waals surface area contributed by atoms with Gasteiger partial charge in [0.2, 0.25) is 5.28 Å². The average Bonchev–Trinajstić information content (AvgIpc) is 3.23. The number of halogens is 1. The van der Waals surface area contributed by atoms with Crippen LogP contribution in [0.3, 0.4) is 0 Å². The van der Waals surface area contributed by atoms with E-state index in [2.05, 4.69) is 47.8 Å². The summed E-state index contributed by atoms with van der Waals surface area (Å²) < 4.78 is 5.98. The van der Waals surface area contributed by atoms with E-state index in [1.165, 1.54) is 5.19 Å². The van der Waals surface area contributed by atoms with Gasteiger partial charge in [-0.3, -0.25) is 0 Å². The molecule has 0 fully saturated rings. The van der Waals surface area contributed by atoms with Crippen LogP contribution in [0.5, 0.6) is 0 Å². The van der Waals surface area contributed by atoms with Crippen molar-refractivity contribution < 1.29 is 4.42 Å². The molecule has 4 nitrogen and oxygen atoms in total. The Balaban J connectivity index is 1.50. The van der Waals surface area contributed by atoms with Crippen molar-refractivity contribution >= 4 is 35.8 Å². The fourth-order valence-corrected chi connectivity index (χ4v) is 4.99. The summed E-state index contributed by atoms with van der Waals surface area (Å²) in [6.07, 6.45) is 0. The summed E-state index contributed by atoms with van der Waals surface area (Å²) in [7, 11) is -1.45. The molecule has 0 aliphatic carbocycles. The first-order chi connectivity index (χ1) is 15.4. The van der Waals surface area contributed by atoms with E-state index in [-0.39, 0.29) is 5.28 Å². The first-order valence-electron chi connectivity index (χ1n) is 10.5. The largest absolute Gasteiger partial charge is 0.456 e. The smallest absolute Gasteiger partial charge is 0.226 e. The molecule has 0 aliphatic rings. The van der Waals surface area contributed by atoms with Crippen LogP contribution in [0, 0.1) is 0 Å². The molecule has 0 saturated carbocycles. The first-order valence-corrected chi connectivity index (χ1v) is 14.4. The van der Waals surface area contributed by atoms with Crippen molar-refractivity contribution in [2.75, 3.05) is 0 Å². The molecule has 2 aromatic heterocycles. The molecule has 0 spiro atoms. The zero-order valence-electron chi connectivity index (χ0n) is 18.1. The number of rotatable bonds is 4. The van der Waals surface area contributed by atoms with Crippen LogP contribution in [0.15, 0.2) is 83.3 Å². The zero-order chi connectivity index (χ0) is 22.3. The molecule has 0 N–H and O–H groups in total. The van der Waals surface area contributed by atoms with Crippen molar-refractivity contribution in [2.45, 2.75) is 19.6 Å². The topological polar surface area (TPSA) is 51.8 Å². The molecule has 0 bridgehead atoms. The number of nitrogens with zero attached hydrogens (tertiary/aromatic N) is 3. The van der Waals surface area contributed by atoms with Gasteiger partial charge in [0, 0.05) is 22.1 Å². The average molecular weight is 456 g/mol. The molecule has 0 aliphatic heterocycles. The van der Waals surface area contributed by atoms with E-state index >= 15 is 0 Å². The summed E-state index contributed by atoms with van der Waals surface area (Å²) in [6, 6.07) is 26.5. The predicted octanol–water partition coefficient (Wildman–Crippen LogP) is 6.82. The Hall–Kier alpha value is -3.28. The molecule has 3 aromatic carbocycles. The molecular formula is C26H22ClN3OSi. The highest BCUT2D eigenvalue weighted by atomic mass is 35.5. The Kier molecular flexibility index (Phi) is 5.16. The molecule has 5 rings (SSSR count). The van der Waals surface area contributed by atoms with Crippen molar-refractivity contribution in [1.82, 2.24) is 15.0 Å². The van der Waals surface area contributed by atoms with E-state index in [9.17, 15) is 0 Å². The van der Waals surface area contributed by atoms with E-state index in [0.717, 1.165) is 33.4 Å². The summed E-state index contributed by atoms with van der Waals surface area (Å²) in [6.45, 7) is 6.96. The third kappa shape index (κ3) is 4.09. The molecule has 0 radical (unpaired) electrons. The minimum Gasteiger partial charge on any atom is -0.456 e. The number of hydrogen-bond acceptors (Lipinski definition) is 4. The van der Waals surface area contributed by atoms with E-state index in [1.807, 2.05) is 60.7 Å². The van der Waals surface area contributed by atoms with Gasteiger partial charge in [-0.2, -0.15) is 9.97 Å². The van der Waals surface area contributed by atoms with E-state index in [4.69, 9.17) is 21.0 Å². The van der Waals surface area contributed by atoms with Crippen molar-refractivity contribution in [3.05, 3.63) is 84.1 Å². The number of benzene rings is 3. The van der Waals surface area contributed by atoms with Gasteiger partial charge in [0.05, 0.1) is 8.07 Å². The van der Waals surface area contributed by atoms with Gasteiger partial charge in [0.1, 0.15) is 11.3 Å². The summed E-state index contributed by atoms with van der Waals surface area (Å²) in [5.41, 5.74) is 3.69. The minimum atomic E-state index is -1.45. The van der Waals surface area contributed by atoms with Crippen molar-refractivity contribution in [1.29, 1.82) is 0 Å². The van der Waals surface area contributed by atoms with Crippen LogP contribution < -0.4 is 5.19 Å². The van der Waals surface area contributed by atoms with Crippen LogP contribution >= 0.6 is 11.6 Å². The van der Waals surface area contributed by atoms with Crippen LogP contribution in [0.4, 0.5) is 0 Å². The van der Waals surface area contributed by atoms with Crippen LogP contribution in [0.25, 0.3) is 45.1 Å². The van der Waals surface area contributed by atoms with Crippen LogP contribution in [-0.4, -0.2) is 23.0 Å². The van der Waals surface area contributed by atoms with Gasteiger partial charge in [-0.25, -0.2) is 4.98 Å². The molecule has 2 heterocycles. The number of furan rings is 1. The van der Waals surface area contributed by atoms with Crippen molar-refractivity contribution in [3.63, 3.8) is 0 Å². The molecule has 0 unspecified atom stereocenters. The fraction of sp³-hybridized carbons (Fsp3) is 0.115. The van der Waals surface area contributed by atoms with Gasteiger partial charge < -0.3 is 4.42 Å². The summed E-state index contributed by atoms with van der Waals surface area (Å²) >= 11 is 6.28. The second-order valence-corrected chi connectivity index (χ2v) is 14.2. The quantitative estimate of drug-likeness (QED) is 0.279. The SMILES string of the molecule is C[Si](C)(C)c1cccc(-c2nc(Cl)nc(-c3ccc(-c4cc5ccccc5o4)cc3)n2)c1. The molecule has 6 heteroatoms. The molecule has 0 atom stereocenters. The Morgan fingerprint density at radius 1 is 0.688 bits per heavy atom. The summed E-state index contributed by atoms with van der Waals surface area (Å²) in [5, 5.41) is 2.62. The maximum atomic E-state index is 6.28. The Labute approximate surface area is 193 Å². The third-order valence-electron chi connectivity index (χ3n) is 5.45. The summed E-state index contributed by atoms with van der Waals surface area (Å²) in [4.78, 5) is 13.5. The summed E-state index contributed by atoms with van der Waals surface area (Å²) in [5.74, 6) is 1.96. The highest BCUT2D eigenvalue weighted by Gasteiger charge is 2.18. The van der Waals surface area contributed by atoms with Crippen molar-refractivity contribution in [3.8, 4) is 34.1 Å². The number of hydrogen-bond donors (Lipinski definition) is 0. The monoisotopic (exact) mass is 455 g/mol. The molecular weight excluding hydrogens is 434 g/mol. The minimum absolute atomic E-state index is 0.185. The predicted molar refractivity (Wildman–Crippen MR) is 134 cm³/mol. The van der Waals surface area contributed by atoms with Gasteiger partial charge in [-0.05, 0) is 23.7 Å². The second kappa shape index (κ2) is 8.00. The third-order valence-corrected chi connectivity index (χ3v) is 7.66. The molecule has 158 valence electrons. The van der Waals surface area contributed by atoms with Gasteiger partial charge >= 0.3 is 0 Å². The Bertz CT molecular complexity index is 1390. The normalized spacial score (nSPS) is 11.8. The lowest BCUT2D eigenvalue weighted by atomic mass is 10.1. The van der Waals surface area contributed by atoms with E-state index in [1.54, 1.807) is 0 Å². The van der Waals surface area contributed by atoms with Gasteiger partial charge in [0.25, 0.3) is 0 Å². The highest BCUT2D eigenvalue weighted by molar-refractivity contribution is 6.88. The number of fused-ring (bicyclic) bond motifs is 1. The second-order valence-electron chi connectivity index (χ2n) is 8.81. The molecule has 32 heavy (non-hydrogen) atoms. The lowest BCUT2D eigenvalue weighted by molar-refractivity contribution is 0.631. The van der Waals surface area contributed by atoms with Gasteiger partial charge in [-0.1, -0.05) is 91.6 Å². The van der Waals surface area contributed by atoms with Crippen molar-refractivity contribution in [2.24, 2.45) is 0 Å². The zero-order valence-corrected chi connectivity index (χ0v) is 19.9. The lowest BCUT2D eigenvalue weighted by Gasteiger charge is -2.17. The molecule has 0 saturated heterocycles. The van der Waals surface area contributed by atoms with E-state index in [0.29, 0.717) is 11.6 Å². The fourth-order valence-electron chi connectivity index (χ4n) is 3.64. The lowest BCUT2D eigenvalue weighted by Crippen LogP contribution is -2.37. The van der Waals surface area contributed by atoms with Crippen LogP contribution in [0.1, 0.15) is 0 Å². The maximum Gasteiger partial charge on any atom is 0.226 e. The highest BCUT2D eigenvalue weighted by Crippen LogP contribution is 2.29. The van der Waals surface area contributed by atoms with Crippen LogP contribution in [0.2, 0.25) is 24.9 Å². The first kappa shape index (κ1) is 20.6. The standard InChI is InChI=1S/C26H22ClN3OSi/c1-32(2,3)21-9-6-8-20(15-21)25-28-24(29-26(27)30-25)18-13-11-17(12-14-18)23-16-19-7-4-5-10-22(19)31-23/h4-16H,1-3H3. The van der Waals surface area contributed by atoms with E-state index < -0.39 is 8.07 Å². The van der Waals surface area contributed by atoms with Gasteiger partial charge in [0.15, 0.2) is 11.6 Å². The number of para-hydroxylation sites is 1. The Morgan fingerprint density at radius 2 is 1.38 bits per heavy atom. The number of aromatic nitrogens is 3. The molecule has 0 amide bonds. The van der Waals surface area contributed by atoms with Crippen LogP contribution in [-0.2, 0) is 0 Å².